The molecule has 2 N–H and O–H groups in total. The first kappa shape index (κ1) is 12.5. The van der Waals surface area contributed by atoms with Crippen LogP contribution in [0.1, 0.15) is 52.9 Å². The molecule has 0 aromatic carbocycles. The normalized spacial score (nSPS) is 21.1. The average Bonchev–Trinajstić information content (AvgIpc) is 2.15. The summed E-state index contributed by atoms with van der Waals surface area (Å²) in [6.45, 7) is 5.62. The van der Waals surface area contributed by atoms with Crippen LogP contribution in [0.2, 0.25) is 0 Å². The van der Waals surface area contributed by atoms with Gasteiger partial charge in [-0.05, 0) is 39.5 Å². The van der Waals surface area contributed by atoms with Crippen LogP contribution >= 0.6 is 0 Å². The van der Waals surface area contributed by atoms with Crippen molar-refractivity contribution in [2.24, 2.45) is 11.7 Å². The molecule has 0 aromatic rings. The number of hydrogen-bond acceptors (Lipinski definition) is 3. The SMILES string of the molecule is CC(C)(C)OC(=O)C(N)C1CCCCC1. The van der Waals surface area contributed by atoms with Crippen LogP contribution < -0.4 is 5.73 Å². The summed E-state index contributed by atoms with van der Waals surface area (Å²) in [6.07, 6.45) is 5.81. The summed E-state index contributed by atoms with van der Waals surface area (Å²) in [5, 5.41) is 0. The number of carbonyl (C=O) groups excluding carboxylic acids is 1. The minimum Gasteiger partial charge on any atom is -0.459 e. The Morgan fingerprint density at radius 1 is 1.27 bits per heavy atom. The molecular formula is C12H23NO2. The van der Waals surface area contributed by atoms with Crippen molar-refractivity contribution in [3.8, 4) is 0 Å². The van der Waals surface area contributed by atoms with Crippen LogP contribution in [0.5, 0.6) is 0 Å². The zero-order valence-corrected chi connectivity index (χ0v) is 10.1. The van der Waals surface area contributed by atoms with E-state index in [1.165, 1.54) is 19.3 Å². The van der Waals surface area contributed by atoms with Crippen molar-refractivity contribution >= 4 is 5.97 Å². The molecule has 1 rings (SSSR count). The molecule has 0 heterocycles. The van der Waals surface area contributed by atoms with Crippen molar-refractivity contribution in [3.63, 3.8) is 0 Å². The number of ether oxygens (including phenoxy) is 1. The Balaban J connectivity index is 2.44. The molecule has 0 aliphatic heterocycles. The minimum atomic E-state index is -0.427. The summed E-state index contributed by atoms with van der Waals surface area (Å²) in [7, 11) is 0. The van der Waals surface area contributed by atoms with Crippen LogP contribution in [0.15, 0.2) is 0 Å². The lowest BCUT2D eigenvalue weighted by Gasteiger charge is -2.29. The van der Waals surface area contributed by atoms with E-state index in [2.05, 4.69) is 0 Å². The number of hydrogen-bond donors (Lipinski definition) is 1. The molecule has 1 aliphatic carbocycles. The summed E-state index contributed by atoms with van der Waals surface area (Å²) < 4.78 is 5.29. The molecule has 1 aliphatic rings. The molecule has 15 heavy (non-hydrogen) atoms. The largest absolute Gasteiger partial charge is 0.459 e. The molecule has 0 radical (unpaired) electrons. The summed E-state index contributed by atoms with van der Waals surface area (Å²) in [4.78, 5) is 11.7. The molecule has 0 saturated heterocycles. The maximum Gasteiger partial charge on any atom is 0.323 e. The number of carbonyl (C=O) groups is 1. The van der Waals surface area contributed by atoms with Crippen LogP contribution in [-0.4, -0.2) is 17.6 Å². The second kappa shape index (κ2) is 4.97. The van der Waals surface area contributed by atoms with Crippen molar-refractivity contribution < 1.29 is 9.53 Å². The van der Waals surface area contributed by atoms with E-state index in [4.69, 9.17) is 10.5 Å². The third-order valence-electron chi connectivity index (χ3n) is 2.84. The first-order valence-corrected chi connectivity index (χ1v) is 5.88. The van der Waals surface area contributed by atoms with Crippen LogP contribution in [0.4, 0.5) is 0 Å². The van der Waals surface area contributed by atoms with Gasteiger partial charge in [-0.2, -0.15) is 0 Å². The predicted molar refractivity (Wildman–Crippen MR) is 60.4 cm³/mol. The molecule has 0 aromatic heterocycles. The standard InChI is InChI=1S/C12H23NO2/c1-12(2,3)15-11(14)10(13)9-7-5-4-6-8-9/h9-10H,4-8,13H2,1-3H3. The Hall–Kier alpha value is -0.570. The lowest BCUT2D eigenvalue weighted by molar-refractivity contribution is -0.158. The van der Waals surface area contributed by atoms with Gasteiger partial charge in [-0.25, -0.2) is 0 Å². The molecule has 1 atom stereocenters. The average molecular weight is 213 g/mol. The van der Waals surface area contributed by atoms with Gasteiger partial charge < -0.3 is 10.5 Å². The highest BCUT2D eigenvalue weighted by atomic mass is 16.6. The highest BCUT2D eigenvalue weighted by Crippen LogP contribution is 2.26. The highest BCUT2D eigenvalue weighted by Gasteiger charge is 2.29. The molecule has 1 unspecified atom stereocenters. The number of nitrogens with two attached hydrogens (primary N) is 1. The summed E-state index contributed by atoms with van der Waals surface area (Å²) in [5.74, 6) is 0.0861. The third kappa shape index (κ3) is 4.20. The summed E-state index contributed by atoms with van der Waals surface area (Å²) >= 11 is 0. The second-order valence-corrected chi connectivity index (χ2v) is 5.46. The van der Waals surface area contributed by atoms with Gasteiger partial charge in [0.2, 0.25) is 0 Å². The predicted octanol–water partition coefficient (Wildman–Crippen LogP) is 2.24. The Labute approximate surface area is 92.4 Å². The maximum atomic E-state index is 11.7. The Bertz CT molecular complexity index is 214. The molecule has 1 saturated carbocycles. The molecule has 3 nitrogen and oxygen atoms in total. The topological polar surface area (TPSA) is 52.3 Å². The van der Waals surface area contributed by atoms with Crippen molar-refractivity contribution in [3.05, 3.63) is 0 Å². The Kier molecular flexibility index (Phi) is 4.14. The van der Waals surface area contributed by atoms with Gasteiger partial charge in [-0.15, -0.1) is 0 Å². The lowest BCUT2D eigenvalue weighted by Crippen LogP contribution is -2.43. The quantitative estimate of drug-likeness (QED) is 0.716. The molecule has 1 fully saturated rings. The van der Waals surface area contributed by atoms with Crippen LogP contribution in [0.25, 0.3) is 0 Å². The first-order chi connectivity index (χ1) is 6.90. The van der Waals surface area contributed by atoms with Gasteiger partial charge in [0, 0.05) is 0 Å². The second-order valence-electron chi connectivity index (χ2n) is 5.46. The van der Waals surface area contributed by atoms with E-state index in [-0.39, 0.29) is 5.97 Å². The Morgan fingerprint density at radius 2 is 1.80 bits per heavy atom. The molecule has 88 valence electrons. The van der Waals surface area contributed by atoms with E-state index in [9.17, 15) is 4.79 Å². The zero-order valence-electron chi connectivity index (χ0n) is 10.1. The lowest BCUT2D eigenvalue weighted by atomic mass is 9.84. The van der Waals surface area contributed by atoms with Gasteiger partial charge in [0.25, 0.3) is 0 Å². The van der Waals surface area contributed by atoms with Crippen LogP contribution in [0, 0.1) is 5.92 Å². The smallest absolute Gasteiger partial charge is 0.323 e. The fourth-order valence-electron chi connectivity index (χ4n) is 2.06. The fraction of sp³-hybridized carbons (Fsp3) is 0.917. The summed E-state index contributed by atoms with van der Waals surface area (Å²) in [5.41, 5.74) is 5.50. The van der Waals surface area contributed by atoms with Crippen molar-refractivity contribution in [2.45, 2.75) is 64.5 Å². The van der Waals surface area contributed by atoms with Gasteiger partial charge in [-0.1, -0.05) is 19.3 Å². The highest BCUT2D eigenvalue weighted by molar-refractivity contribution is 5.76. The van der Waals surface area contributed by atoms with Gasteiger partial charge in [0.05, 0.1) is 0 Å². The van der Waals surface area contributed by atoms with Gasteiger partial charge in [0.1, 0.15) is 11.6 Å². The van der Waals surface area contributed by atoms with Gasteiger partial charge in [-0.3, -0.25) is 4.79 Å². The molecular weight excluding hydrogens is 190 g/mol. The number of esters is 1. The van der Waals surface area contributed by atoms with E-state index < -0.39 is 11.6 Å². The van der Waals surface area contributed by atoms with Gasteiger partial charge >= 0.3 is 5.97 Å². The van der Waals surface area contributed by atoms with Crippen molar-refractivity contribution in [1.82, 2.24) is 0 Å². The molecule has 3 heteroatoms. The molecule has 0 spiro atoms. The molecule has 0 bridgehead atoms. The fourth-order valence-corrected chi connectivity index (χ4v) is 2.06. The number of rotatable bonds is 2. The van der Waals surface area contributed by atoms with Crippen molar-refractivity contribution in [2.75, 3.05) is 0 Å². The molecule has 0 amide bonds. The maximum absolute atomic E-state index is 11.7. The van der Waals surface area contributed by atoms with E-state index in [0.29, 0.717) is 5.92 Å². The van der Waals surface area contributed by atoms with Crippen LogP contribution in [0.3, 0.4) is 0 Å². The first-order valence-electron chi connectivity index (χ1n) is 5.88. The van der Waals surface area contributed by atoms with E-state index in [0.717, 1.165) is 12.8 Å². The van der Waals surface area contributed by atoms with E-state index in [1.807, 2.05) is 20.8 Å². The van der Waals surface area contributed by atoms with Crippen molar-refractivity contribution in [1.29, 1.82) is 0 Å². The summed E-state index contributed by atoms with van der Waals surface area (Å²) in [6, 6.07) is -0.426. The monoisotopic (exact) mass is 213 g/mol. The van der Waals surface area contributed by atoms with E-state index >= 15 is 0 Å². The van der Waals surface area contributed by atoms with Crippen LogP contribution in [-0.2, 0) is 9.53 Å². The minimum absolute atomic E-state index is 0.241. The van der Waals surface area contributed by atoms with E-state index in [1.54, 1.807) is 0 Å². The van der Waals surface area contributed by atoms with Gasteiger partial charge in [0.15, 0.2) is 0 Å². The third-order valence-corrected chi connectivity index (χ3v) is 2.84. The Morgan fingerprint density at radius 3 is 2.27 bits per heavy atom. The zero-order chi connectivity index (χ0) is 11.5.